The van der Waals surface area contributed by atoms with Crippen LogP contribution >= 0.6 is 0 Å². The second-order valence-electron chi connectivity index (χ2n) is 6.50. The van der Waals surface area contributed by atoms with Crippen LogP contribution in [0.1, 0.15) is 29.7 Å². The van der Waals surface area contributed by atoms with Crippen LogP contribution in [0.3, 0.4) is 0 Å². The molecule has 3 rings (SSSR count). The minimum absolute atomic E-state index is 0.249. The van der Waals surface area contributed by atoms with Crippen LogP contribution < -0.4 is 14.8 Å². The van der Waals surface area contributed by atoms with Crippen LogP contribution in [0.2, 0.25) is 0 Å². The summed E-state index contributed by atoms with van der Waals surface area (Å²) in [5, 5.41) is 2.27. The smallest absolute Gasteiger partial charge is 0.170 e. The van der Waals surface area contributed by atoms with E-state index < -0.39 is 0 Å². The largest absolute Gasteiger partial charge is 0.493 e. The average Bonchev–Trinajstić information content (AvgIpc) is 2.72. The second-order valence-corrected chi connectivity index (χ2v) is 6.50. The Bertz CT molecular complexity index is 850. The number of benzene rings is 3. The minimum Gasteiger partial charge on any atom is -0.493 e. The molecule has 0 saturated heterocycles. The highest BCUT2D eigenvalue weighted by Gasteiger charge is 2.15. The number of hydrogen-bond acceptors (Lipinski definition) is 2. The molecular weight excluding hydrogens is 341 g/mol. The predicted octanol–water partition coefficient (Wildman–Crippen LogP) is 4.24. The third-order valence-electron chi connectivity index (χ3n) is 4.59. The van der Waals surface area contributed by atoms with Crippen molar-refractivity contribution in [1.82, 2.24) is 0 Å². The molecule has 0 fully saturated rings. The lowest BCUT2D eigenvalue weighted by molar-refractivity contribution is -0.708. The quantitative estimate of drug-likeness (QED) is 0.647. The van der Waals surface area contributed by atoms with Crippen molar-refractivity contribution in [1.29, 1.82) is 0 Å². The normalized spacial score (nSPS) is 11.8. The Hall–Kier alpha value is -2.85. The van der Waals surface area contributed by atoms with Gasteiger partial charge in [0.25, 0.3) is 0 Å². The molecule has 0 aliphatic heterocycles. The molecule has 0 aromatic heterocycles. The molecule has 1 atom stereocenters. The summed E-state index contributed by atoms with van der Waals surface area (Å²) in [7, 11) is 1.64. The van der Waals surface area contributed by atoms with E-state index in [9.17, 15) is 4.39 Å². The summed E-state index contributed by atoms with van der Waals surface area (Å²) in [6.45, 7) is 3.32. The number of nitrogens with two attached hydrogens (primary N) is 1. The number of methoxy groups -OCH3 is 1. The lowest BCUT2D eigenvalue weighted by Crippen LogP contribution is -2.83. The van der Waals surface area contributed by atoms with Crippen molar-refractivity contribution in [3.05, 3.63) is 95.3 Å². The zero-order chi connectivity index (χ0) is 19.1. The van der Waals surface area contributed by atoms with Gasteiger partial charge in [0.15, 0.2) is 11.5 Å². The van der Waals surface area contributed by atoms with E-state index in [4.69, 9.17) is 9.47 Å². The van der Waals surface area contributed by atoms with Crippen molar-refractivity contribution < 1.29 is 19.2 Å². The van der Waals surface area contributed by atoms with Gasteiger partial charge in [0, 0.05) is 5.56 Å². The van der Waals surface area contributed by atoms with E-state index in [1.807, 2.05) is 18.2 Å². The molecule has 3 aromatic carbocycles. The lowest BCUT2D eigenvalue weighted by atomic mass is 10.1. The molecule has 0 aliphatic carbocycles. The fourth-order valence-electron chi connectivity index (χ4n) is 2.98. The number of quaternary nitrogens is 1. The maximum atomic E-state index is 13.1. The van der Waals surface area contributed by atoms with Gasteiger partial charge in [-0.2, -0.15) is 0 Å². The summed E-state index contributed by atoms with van der Waals surface area (Å²) in [6.07, 6.45) is 0. The molecule has 3 nitrogen and oxygen atoms in total. The second kappa shape index (κ2) is 9.19. The summed E-state index contributed by atoms with van der Waals surface area (Å²) in [5.41, 5.74) is 3.27. The highest BCUT2D eigenvalue weighted by molar-refractivity contribution is 5.46. The van der Waals surface area contributed by atoms with Gasteiger partial charge in [0.05, 0.1) is 12.7 Å². The maximum Gasteiger partial charge on any atom is 0.170 e. The molecule has 4 heteroatoms. The van der Waals surface area contributed by atoms with Crippen LogP contribution in [0.15, 0.2) is 72.8 Å². The van der Waals surface area contributed by atoms with Crippen molar-refractivity contribution in [3.63, 3.8) is 0 Å². The first-order valence-corrected chi connectivity index (χ1v) is 9.08. The molecule has 27 heavy (non-hydrogen) atoms. The SMILES string of the molecule is COc1cccc(C[NH2+]C(C)c2ccccc2)c1OCc1ccc(F)cc1. The maximum absolute atomic E-state index is 13.1. The third-order valence-corrected chi connectivity index (χ3v) is 4.59. The van der Waals surface area contributed by atoms with E-state index in [0.29, 0.717) is 18.4 Å². The van der Waals surface area contributed by atoms with Gasteiger partial charge in [0.1, 0.15) is 25.0 Å². The van der Waals surface area contributed by atoms with Gasteiger partial charge >= 0.3 is 0 Å². The van der Waals surface area contributed by atoms with Gasteiger partial charge in [0.2, 0.25) is 0 Å². The first kappa shape index (κ1) is 18.9. The minimum atomic E-state index is -0.249. The third kappa shape index (κ3) is 5.08. The fraction of sp³-hybridized carbons (Fsp3) is 0.217. The monoisotopic (exact) mass is 366 g/mol. The van der Waals surface area contributed by atoms with E-state index in [1.54, 1.807) is 19.2 Å². The van der Waals surface area contributed by atoms with E-state index in [0.717, 1.165) is 23.4 Å². The lowest BCUT2D eigenvalue weighted by Gasteiger charge is -2.16. The molecule has 0 bridgehead atoms. The summed E-state index contributed by atoms with van der Waals surface area (Å²) in [6, 6.07) is 23.0. The van der Waals surface area contributed by atoms with Gasteiger partial charge in [-0.3, -0.25) is 0 Å². The highest BCUT2D eigenvalue weighted by Crippen LogP contribution is 2.31. The number of hydrogen-bond donors (Lipinski definition) is 1. The van der Waals surface area contributed by atoms with Crippen molar-refractivity contribution in [2.75, 3.05) is 7.11 Å². The number of ether oxygens (including phenoxy) is 2. The zero-order valence-corrected chi connectivity index (χ0v) is 15.7. The molecule has 0 amide bonds. The Kier molecular flexibility index (Phi) is 6.44. The molecule has 0 spiro atoms. The van der Waals surface area contributed by atoms with Gasteiger partial charge in [-0.05, 0) is 36.8 Å². The zero-order valence-electron chi connectivity index (χ0n) is 15.7. The van der Waals surface area contributed by atoms with Gasteiger partial charge in [-0.1, -0.05) is 48.5 Å². The molecular formula is C23H25FNO2+. The van der Waals surface area contributed by atoms with Crippen molar-refractivity contribution in [2.45, 2.75) is 26.1 Å². The number of halogens is 1. The van der Waals surface area contributed by atoms with Gasteiger partial charge < -0.3 is 14.8 Å². The Morgan fingerprint density at radius 2 is 1.67 bits per heavy atom. The van der Waals surface area contributed by atoms with E-state index in [-0.39, 0.29) is 5.82 Å². The Labute approximate surface area is 159 Å². The van der Waals surface area contributed by atoms with E-state index in [1.165, 1.54) is 17.7 Å². The summed E-state index contributed by atoms with van der Waals surface area (Å²) >= 11 is 0. The van der Waals surface area contributed by atoms with Crippen LogP contribution in [0.25, 0.3) is 0 Å². The molecule has 3 aromatic rings. The van der Waals surface area contributed by atoms with Crippen LogP contribution in [-0.2, 0) is 13.2 Å². The number of para-hydroxylation sites is 1. The van der Waals surface area contributed by atoms with Crippen LogP contribution in [-0.4, -0.2) is 7.11 Å². The molecule has 0 saturated carbocycles. The molecule has 0 aliphatic rings. The molecule has 1 unspecified atom stereocenters. The average molecular weight is 366 g/mol. The summed E-state index contributed by atoms with van der Waals surface area (Å²) in [5.74, 6) is 1.19. The Morgan fingerprint density at radius 3 is 2.37 bits per heavy atom. The molecule has 2 N–H and O–H groups in total. The van der Waals surface area contributed by atoms with Crippen molar-refractivity contribution >= 4 is 0 Å². The Balaban J connectivity index is 1.71. The summed E-state index contributed by atoms with van der Waals surface area (Å²) in [4.78, 5) is 0. The predicted molar refractivity (Wildman–Crippen MR) is 104 cm³/mol. The first-order chi connectivity index (χ1) is 13.2. The van der Waals surface area contributed by atoms with E-state index in [2.05, 4.69) is 42.6 Å². The van der Waals surface area contributed by atoms with Crippen LogP contribution in [0.4, 0.5) is 4.39 Å². The molecule has 140 valence electrons. The molecule has 0 heterocycles. The fourth-order valence-corrected chi connectivity index (χ4v) is 2.98. The molecule has 0 radical (unpaired) electrons. The Morgan fingerprint density at radius 1 is 0.926 bits per heavy atom. The summed E-state index contributed by atoms with van der Waals surface area (Å²) < 4.78 is 24.6. The van der Waals surface area contributed by atoms with Crippen molar-refractivity contribution in [2.24, 2.45) is 0 Å². The topological polar surface area (TPSA) is 35.1 Å². The van der Waals surface area contributed by atoms with E-state index >= 15 is 0 Å². The van der Waals surface area contributed by atoms with Gasteiger partial charge in [-0.25, -0.2) is 4.39 Å². The first-order valence-electron chi connectivity index (χ1n) is 9.08. The van der Waals surface area contributed by atoms with Gasteiger partial charge in [-0.15, -0.1) is 0 Å². The van der Waals surface area contributed by atoms with Crippen molar-refractivity contribution in [3.8, 4) is 11.5 Å². The number of rotatable bonds is 8. The van der Waals surface area contributed by atoms with Crippen LogP contribution in [0.5, 0.6) is 11.5 Å². The van der Waals surface area contributed by atoms with Crippen LogP contribution in [0, 0.1) is 5.82 Å². The highest BCUT2D eigenvalue weighted by atomic mass is 19.1. The standard InChI is InChI=1S/C23H24FNO2/c1-17(19-7-4-3-5-8-19)25-15-20-9-6-10-22(26-2)23(20)27-16-18-11-13-21(24)14-12-18/h3-14,17,25H,15-16H2,1-2H3/p+1.